The van der Waals surface area contributed by atoms with Gasteiger partial charge in [0.15, 0.2) is 0 Å². The molecule has 102 valence electrons. The normalized spacial score (nSPS) is 26.9. The van der Waals surface area contributed by atoms with Gasteiger partial charge in [0.2, 0.25) is 6.04 Å². The van der Waals surface area contributed by atoms with Crippen LogP contribution in [-0.4, -0.2) is 23.3 Å². The summed E-state index contributed by atoms with van der Waals surface area (Å²) in [6.45, 7) is 1.96. The molecule has 0 spiro atoms. The Bertz CT molecular complexity index is 507. The maximum Gasteiger partial charge on any atom is 0.232 e. The zero-order valence-electron chi connectivity index (χ0n) is 10.5. The Morgan fingerprint density at radius 2 is 2.21 bits per heavy atom. The Labute approximate surface area is 119 Å². The predicted octanol–water partition coefficient (Wildman–Crippen LogP) is 2.39. The molecule has 3 unspecified atom stereocenters. The molecule has 1 aliphatic rings. The Hall–Kier alpha value is -1.27. The largest absolute Gasteiger partial charge is 0.302 e. The molecule has 0 radical (unpaired) electrons. The van der Waals surface area contributed by atoms with E-state index in [1.165, 1.54) is 0 Å². The Morgan fingerprint density at radius 3 is 2.79 bits per heavy atom. The lowest BCUT2D eigenvalue weighted by Gasteiger charge is -2.30. The first-order chi connectivity index (χ1) is 9.02. The molecule has 0 aromatic heterocycles. The van der Waals surface area contributed by atoms with Crippen LogP contribution in [0.25, 0.3) is 0 Å². The minimum Gasteiger partial charge on any atom is -0.302 e. The van der Waals surface area contributed by atoms with Gasteiger partial charge in [-0.05, 0) is 30.5 Å². The van der Waals surface area contributed by atoms with E-state index in [1.807, 2.05) is 25.1 Å². The second-order valence-corrected chi connectivity index (χ2v) is 5.68. The van der Waals surface area contributed by atoms with E-state index in [1.54, 1.807) is 0 Å². The summed E-state index contributed by atoms with van der Waals surface area (Å²) >= 11 is 3.43. The van der Waals surface area contributed by atoms with Crippen molar-refractivity contribution in [3.05, 3.63) is 43.9 Å². The summed E-state index contributed by atoms with van der Waals surface area (Å²) in [6, 6.07) is 4.27. The van der Waals surface area contributed by atoms with Crippen molar-refractivity contribution in [3.63, 3.8) is 0 Å². The number of benzene rings is 1. The third-order valence-corrected chi connectivity index (χ3v) is 4.40. The fourth-order valence-corrected chi connectivity index (χ4v) is 2.79. The van der Waals surface area contributed by atoms with Gasteiger partial charge in [-0.15, -0.1) is 0 Å². The molecule has 5 nitrogen and oxygen atoms in total. The van der Waals surface area contributed by atoms with Crippen LogP contribution in [0.2, 0.25) is 0 Å². The van der Waals surface area contributed by atoms with Gasteiger partial charge in [-0.25, -0.2) is 0 Å². The van der Waals surface area contributed by atoms with E-state index in [4.69, 9.17) is 0 Å². The van der Waals surface area contributed by atoms with Crippen molar-refractivity contribution in [2.75, 3.05) is 0 Å². The first-order valence-electron chi connectivity index (χ1n) is 6.14. The van der Waals surface area contributed by atoms with Gasteiger partial charge in [0.1, 0.15) is 12.3 Å². The molecule has 1 aromatic carbocycles. The third kappa shape index (κ3) is 3.01. The number of piperidine rings is 1. The number of carbonyl (C=O) groups excluding carboxylic acids is 1. The van der Waals surface area contributed by atoms with Crippen LogP contribution in [0.1, 0.15) is 30.0 Å². The minimum atomic E-state index is -0.689. The number of hydrogen-bond acceptors (Lipinski definition) is 4. The zero-order valence-corrected chi connectivity index (χ0v) is 12.1. The molecule has 19 heavy (non-hydrogen) atoms. The van der Waals surface area contributed by atoms with Crippen LogP contribution in [0, 0.1) is 17.0 Å². The van der Waals surface area contributed by atoms with Gasteiger partial charge in [-0.2, -0.15) is 0 Å². The number of aryl methyl sites for hydroxylation is 1. The number of nitrogens with zero attached hydrogens (tertiary/aromatic N) is 1. The van der Waals surface area contributed by atoms with E-state index in [0.29, 0.717) is 12.8 Å². The molecule has 6 heteroatoms. The van der Waals surface area contributed by atoms with Crippen molar-refractivity contribution < 1.29 is 9.72 Å². The summed E-state index contributed by atoms with van der Waals surface area (Å²) in [5.41, 5.74) is 1.91. The highest BCUT2D eigenvalue weighted by Gasteiger charge is 2.38. The summed E-state index contributed by atoms with van der Waals surface area (Å²) < 4.78 is 0.919. The molecule has 1 aromatic rings. The number of hydrogen-bond donors (Lipinski definition) is 1. The molecule has 1 aliphatic heterocycles. The molecule has 0 amide bonds. The van der Waals surface area contributed by atoms with Gasteiger partial charge in [-0.3, -0.25) is 15.4 Å². The zero-order chi connectivity index (χ0) is 14.0. The highest BCUT2D eigenvalue weighted by Crippen LogP contribution is 2.30. The average Bonchev–Trinajstić information content (AvgIpc) is 2.41. The topological polar surface area (TPSA) is 72.2 Å². The standard InChI is InChI=1S/C13H15BrN2O3/c1-8-2-3-9(6-11(8)14)13-12(16(18)19)5-4-10(7-17)15-13/h2-3,6-7,10,12-13,15H,4-5H2,1H3. The SMILES string of the molecule is Cc1ccc(C2NC(C=O)CCC2[N+](=O)[O-])cc1Br. The molecule has 1 N–H and O–H groups in total. The lowest BCUT2D eigenvalue weighted by molar-refractivity contribution is -0.531. The van der Waals surface area contributed by atoms with E-state index in [-0.39, 0.29) is 11.0 Å². The molecule has 2 rings (SSSR count). The minimum absolute atomic E-state index is 0.257. The van der Waals surface area contributed by atoms with Crippen LogP contribution >= 0.6 is 15.9 Å². The quantitative estimate of drug-likeness (QED) is 0.526. The van der Waals surface area contributed by atoms with Crippen molar-refractivity contribution >= 4 is 22.2 Å². The number of nitrogens with one attached hydrogen (secondary N) is 1. The number of nitro groups is 1. The number of carbonyl (C=O) groups is 1. The molecular weight excluding hydrogens is 312 g/mol. The van der Waals surface area contributed by atoms with Crippen LogP contribution in [0.15, 0.2) is 22.7 Å². The first-order valence-corrected chi connectivity index (χ1v) is 6.93. The lowest BCUT2D eigenvalue weighted by Crippen LogP contribution is -2.48. The lowest BCUT2D eigenvalue weighted by atomic mass is 9.89. The Balaban J connectivity index is 2.32. The van der Waals surface area contributed by atoms with Gasteiger partial charge in [0.25, 0.3) is 0 Å². The van der Waals surface area contributed by atoms with E-state index in [2.05, 4.69) is 21.2 Å². The maximum atomic E-state index is 11.2. The van der Waals surface area contributed by atoms with Crippen LogP contribution < -0.4 is 5.32 Å². The fraction of sp³-hybridized carbons (Fsp3) is 0.462. The highest BCUT2D eigenvalue weighted by molar-refractivity contribution is 9.10. The second kappa shape index (κ2) is 5.79. The number of rotatable bonds is 3. The summed E-state index contributed by atoms with van der Waals surface area (Å²) in [6.07, 6.45) is 1.75. The van der Waals surface area contributed by atoms with Gasteiger partial charge in [-0.1, -0.05) is 28.1 Å². The summed E-state index contributed by atoms with van der Waals surface area (Å²) in [5, 5.41) is 14.2. The third-order valence-electron chi connectivity index (χ3n) is 3.54. The molecule has 0 aliphatic carbocycles. The molecule has 0 saturated carbocycles. The molecule has 3 atom stereocenters. The fourth-order valence-electron chi connectivity index (χ4n) is 2.40. The van der Waals surface area contributed by atoms with Crippen molar-refractivity contribution in [1.82, 2.24) is 5.32 Å². The smallest absolute Gasteiger partial charge is 0.232 e. The van der Waals surface area contributed by atoms with E-state index in [9.17, 15) is 14.9 Å². The van der Waals surface area contributed by atoms with Gasteiger partial charge in [0.05, 0.1) is 6.04 Å². The van der Waals surface area contributed by atoms with Crippen LogP contribution in [0.4, 0.5) is 0 Å². The van der Waals surface area contributed by atoms with Crippen LogP contribution in [0.5, 0.6) is 0 Å². The Kier molecular flexibility index (Phi) is 4.31. The van der Waals surface area contributed by atoms with Crippen molar-refractivity contribution in [3.8, 4) is 0 Å². The predicted molar refractivity (Wildman–Crippen MR) is 74.6 cm³/mol. The van der Waals surface area contributed by atoms with Crippen molar-refractivity contribution in [2.45, 2.75) is 37.9 Å². The van der Waals surface area contributed by atoms with E-state index < -0.39 is 12.1 Å². The average molecular weight is 327 g/mol. The molecule has 1 heterocycles. The molecular formula is C13H15BrN2O3. The number of aldehydes is 1. The maximum absolute atomic E-state index is 11.2. The molecule has 0 bridgehead atoms. The first kappa shape index (κ1) is 14.1. The summed E-state index contributed by atoms with van der Waals surface area (Å²) in [4.78, 5) is 21.8. The van der Waals surface area contributed by atoms with E-state index >= 15 is 0 Å². The van der Waals surface area contributed by atoms with Crippen molar-refractivity contribution in [2.24, 2.45) is 0 Å². The summed E-state index contributed by atoms with van der Waals surface area (Å²) in [5.74, 6) is 0. The molecule has 1 fully saturated rings. The van der Waals surface area contributed by atoms with Gasteiger partial charge >= 0.3 is 0 Å². The van der Waals surface area contributed by atoms with Gasteiger partial charge in [0, 0.05) is 15.8 Å². The number of halogens is 1. The summed E-state index contributed by atoms with van der Waals surface area (Å²) in [7, 11) is 0. The molecule has 1 saturated heterocycles. The van der Waals surface area contributed by atoms with Crippen LogP contribution in [0.3, 0.4) is 0 Å². The van der Waals surface area contributed by atoms with E-state index in [0.717, 1.165) is 21.9 Å². The van der Waals surface area contributed by atoms with Gasteiger partial charge < -0.3 is 4.79 Å². The second-order valence-electron chi connectivity index (χ2n) is 4.83. The Morgan fingerprint density at radius 1 is 1.47 bits per heavy atom. The van der Waals surface area contributed by atoms with Crippen molar-refractivity contribution in [1.29, 1.82) is 0 Å². The van der Waals surface area contributed by atoms with Crippen LogP contribution in [-0.2, 0) is 4.79 Å². The monoisotopic (exact) mass is 326 g/mol. The highest BCUT2D eigenvalue weighted by atomic mass is 79.9.